The molecule has 2 aromatic heterocycles. The van der Waals surface area contributed by atoms with Gasteiger partial charge in [0, 0.05) is 55.4 Å². The molecule has 8 nitrogen and oxygen atoms in total. The molecular weight excluding hydrogens is 342 g/mol. The van der Waals surface area contributed by atoms with Gasteiger partial charge in [0.2, 0.25) is 0 Å². The minimum Gasteiger partial charge on any atom is -0.507 e. The summed E-state index contributed by atoms with van der Waals surface area (Å²) in [4.78, 5) is 5.43. The van der Waals surface area contributed by atoms with Crippen molar-refractivity contribution in [3.63, 3.8) is 0 Å². The molecule has 8 N–H and O–H groups in total. The standard InChI is InChI=1S/C19H23N7O/c20-15(14-2-1-12(7-18(14)27)13-9-24-25-10-13)8-16-19(21)17(11-23-16)26-5-3-22-4-6-26/h1-2,7-11,22-23,27H,3-6,20-21H2,(H,24,25)/b15-8-. The van der Waals surface area contributed by atoms with E-state index in [1.165, 1.54) is 0 Å². The molecule has 3 aromatic rings. The van der Waals surface area contributed by atoms with E-state index in [4.69, 9.17) is 11.5 Å². The fourth-order valence-corrected chi connectivity index (χ4v) is 3.32. The summed E-state index contributed by atoms with van der Waals surface area (Å²) < 4.78 is 0. The molecule has 4 rings (SSSR count). The lowest BCUT2D eigenvalue weighted by Gasteiger charge is -2.28. The van der Waals surface area contributed by atoms with E-state index >= 15 is 0 Å². The summed E-state index contributed by atoms with van der Waals surface area (Å²) in [5.41, 5.74) is 17.7. The number of rotatable bonds is 4. The van der Waals surface area contributed by atoms with Crippen LogP contribution < -0.4 is 21.7 Å². The monoisotopic (exact) mass is 365 g/mol. The summed E-state index contributed by atoms with van der Waals surface area (Å²) in [5.74, 6) is 0.106. The molecule has 1 aromatic carbocycles. The fraction of sp³-hybridized carbons (Fsp3) is 0.211. The molecule has 0 atom stereocenters. The zero-order valence-electron chi connectivity index (χ0n) is 14.9. The summed E-state index contributed by atoms with van der Waals surface area (Å²) in [6.45, 7) is 3.71. The van der Waals surface area contributed by atoms with Crippen LogP contribution in [0.5, 0.6) is 5.75 Å². The van der Waals surface area contributed by atoms with Crippen LogP contribution in [0, 0.1) is 0 Å². The molecular formula is C19H23N7O. The molecule has 8 heteroatoms. The number of phenols is 1. The predicted molar refractivity (Wildman–Crippen MR) is 108 cm³/mol. The van der Waals surface area contributed by atoms with Gasteiger partial charge in [0.15, 0.2) is 0 Å². The first-order chi connectivity index (χ1) is 13.1. The number of nitrogen functional groups attached to an aromatic ring is 1. The SMILES string of the molecule is N/C(=C\c1[nH]cc(N2CCNCC2)c1N)c1ccc(-c2cn[nH]c2)cc1O. The van der Waals surface area contributed by atoms with Crippen molar-refractivity contribution >= 4 is 23.1 Å². The number of hydrogen-bond donors (Lipinski definition) is 6. The van der Waals surface area contributed by atoms with Crippen LogP contribution in [0.4, 0.5) is 11.4 Å². The Labute approximate surface area is 156 Å². The Morgan fingerprint density at radius 1 is 1.19 bits per heavy atom. The first kappa shape index (κ1) is 17.0. The highest BCUT2D eigenvalue weighted by Gasteiger charge is 2.16. The second kappa shape index (κ2) is 7.08. The molecule has 3 heterocycles. The predicted octanol–water partition coefficient (Wildman–Crippen LogP) is 1.56. The second-order valence-corrected chi connectivity index (χ2v) is 6.56. The number of aromatic hydroxyl groups is 1. The van der Waals surface area contributed by atoms with Crippen molar-refractivity contribution < 1.29 is 5.11 Å². The molecule has 0 saturated carbocycles. The Morgan fingerprint density at radius 3 is 2.70 bits per heavy atom. The highest BCUT2D eigenvalue weighted by atomic mass is 16.3. The number of benzene rings is 1. The largest absolute Gasteiger partial charge is 0.507 e. The van der Waals surface area contributed by atoms with Crippen molar-refractivity contribution in [1.82, 2.24) is 20.5 Å². The second-order valence-electron chi connectivity index (χ2n) is 6.56. The lowest BCUT2D eigenvalue weighted by atomic mass is 10.0. The van der Waals surface area contributed by atoms with E-state index in [0.717, 1.165) is 48.7 Å². The maximum atomic E-state index is 10.4. The van der Waals surface area contributed by atoms with Gasteiger partial charge in [-0.25, -0.2) is 0 Å². The normalized spacial score (nSPS) is 15.3. The lowest BCUT2D eigenvalue weighted by Crippen LogP contribution is -2.43. The molecule has 0 spiro atoms. The molecule has 0 bridgehead atoms. The van der Waals surface area contributed by atoms with Crippen molar-refractivity contribution in [3.05, 3.63) is 48.0 Å². The molecule has 140 valence electrons. The Morgan fingerprint density at radius 2 is 2.00 bits per heavy atom. The van der Waals surface area contributed by atoms with Gasteiger partial charge >= 0.3 is 0 Å². The van der Waals surface area contributed by atoms with E-state index in [9.17, 15) is 5.11 Å². The van der Waals surface area contributed by atoms with Crippen LogP contribution in [-0.2, 0) is 0 Å². The summed E-state index contributed by atoms with van der Waals surface area (Å²) in [6.07, 6.45) is 7.13. The van der Waals surface area contributed by atoms with Crippen LogP contribution in [0.25, 0.3) is 22.9 Å². The minimum atomic E-state index is 0.106. The van der Waals surface area contributed by atoms with Crippen LogP contribution in [0.1, 0.15) is 11.3 Å². The number of H-pyrrole nitrogens is 2. The zero-order chi connectivity index (χ0) is 18.8. The summed E-state index contributed by atoms with van der Waals surface area (Å²) >= 11 is 0. The van der Waals surface area contributed by atoms with Crippen molar-refractivity contribution in [1.29, 1.82) is 0 Å². The summed E-state index contributed by atoms with van der Waals surface area (Å²) in [5, 5.41) is 20.4. The van der Waals surface area contributed by atoms with Crippen molar-refractivity contribution in [3.8, 4) is 16.9 Å². The smallest absolute Gasteiger partial charge is 0.125 e. The summed E-state index contributed by atoms with van der Waals surface area (Å²) in [6, 6.07) is 5.36. The van der Waals surface area contributed by atoms with Crippen molar-refractivity contribution in [2.24, 2.45) is 5.73 Å². The topological polar surface area (TPSA) is 132 Å². The average Bonchev–Trinajstić information content (AvgIpc) is 3.33. The van der Waals surface area contributed by atoms with Gasteiger partial charge in [-0.15, -0.1) is 0 Å². The third kappa shape index (κ3) is 3.34. The van der Waals surface area contributed by atoms with E-state index in [0.29, 0.717) is 16.9 Å². The highest BCUT2D eigenvalue weighted by molar-refractivity contribution is 5.88. The number of hydrogen-bond acceptors (Lipinski definition) is 6. The third-order valence-electron chi connectivity index (χ3n) is 4.83. The van der Waals surface area contributed by atoms with Gasteiger partial charge in [-0.2, -0.15) is 5.10 Å². The molecule has 1 saturated heterocycles. The van der Waals surface area contributed by atoms with Crippen LogP contribution in [0.15, 0.2) is 36.8 Å². The van der Waals surface area contributed by atoms with Gasteiger partial charge in [-0.05, 0) is 23.8 Å². The highest BCUT2D eigenvalue weighted by Crippen LogP contribution is 2.32. The number of aromatic nitrogens is 3. The lowest BCUT2D eigenvalue weighted by molar-refractivity contribution is 0.474. The average molecular weight is 365 g/mol. The van der Waals surface area contributed by atoms with Crippen molar-refractivity contribution in [2.75, 3.05) is 36.8 Å². The first-order valence-electron chi connectivity index (χ1n) is 8.85. The number of anilines is 2. The minimum absolute atomic E-state index is 0.106. The van der Waals surface area contributed by atoms with Crippen LogP contribution in [0.3, 0.4) is 0 Å². The van der Waals surface area contributed by atoms with Crippen LogP contribution in [-0.4, -0.2) is 46.5 Å². The maximum Gasteiger partial charge on any atom is 0.125 e. The molecule has 1 aliphatic heterocycles. The Bertz CT molecular complexity index is 953. The van der Waals surface area contributed by atoms with Gasteiger partial charge in [0.1, 0.15) is 5.75 Å². The molecule has 0 unspecified atom stereocenters. The van der Waals surface area contributed by atoms with Gasteiger partial charge in [0.05, 0.1) is 23.3 Å². The number of phenolic OH excluding ortho intramolecular Hbond substituents is 1. The van der Waals surface area contributed by atoms with Gasteiger partial charge in [-0.1, -0.05) is 6.07 Å². The van der Waals surface area contributed by atoms with E-state index in [1.807, 2.05) is 12.3 Å². The van der Waals surface area contributed by atoms with E-state index < -0.39 is 0 Å². The quantitative estimate of drug-likeness (QED) is 0.416. The zero-order valence-corrected chi connectivity index (χ0v) is 14.9. The van der Waals surface area contributed by atoms with E-state index in [1.54, 1.807) is 30.6 Å². The number of nitrogens with one attached hydrogen (secondary N) is 3. The summed E-state index contributed by atoms with van der Waals surface area (Å²) in [7, 11) is 0. The van der Waals surface area contributed by atoms with Gasteiger partial charge in [-0.3, -0.25) is 5.10 Å². The Balaban J connectivity index is 1.60. The van der Waals surface area contributed by atoms with Crippen molar-refractivity contribution in [2.45, 2.75) is 0 Å². The van der Waals surface area contributed by atoms with Gasteiger partial charge < -0.3 is 31.8 Å². The first-order valence-corrected chi connectivity index (χ1v) is 8.85. The van der Waals surface area contributed by atoms with E-state index in [2.05, 4.69) is 25.4 Å². The fourth-order valence-electron chi connectivity index (χ4n) is 3.32. The number of piperazine rings is 1. The molecule has 0 radical (unpaired) electrons. The number of nitrogens with two attached hydrogens (primary N) is 2. The maximum absolute atomic E-state index is 10.4. The Hall–Kier alpha value is -3.39. The molecule has 0 amide bonds. The molecule has 1 fully saturated rings. The van der Waals surface area contributed by atoms with Crippen LogP contribution >= 0.6 is 0 Å². The number of nitrogens with zero attached hydrogens (tertiary/aromatic N) is 2. The number of aromatic amines is 2. The van der Waals surface area contributed by atoms with Crippen LogP contribution in [0.2, 0.25) is 0 Å². The third-order valence-corrected chi connectivity index (χ3v) is 4.83. The molecule has 1 aliphatic rings. The molecule has 0 aliphatic carbocycles. The van der Waals surface area contributed by atoms with Gasteiger partial charge in [0.25, 0.3) is 0 Å². The molecule has 27 heavy (non-hydrogen) atoms. The van der Waals surface area contributed by atoms with E-state index in [-0.39, 0.29) is 5.75 Å². The Kier molecular flexibility index (Phi) is 4.47.